The average molecular weight is 405 g/mol. The van der Waals surface area contributed by atoms with Gasteiger partial charge in [-0.05, 0) is 32.4 Å². The van der Waals surface area contributed by atoms with Gasteiger partial charge >= 0.3 is 11.6 Å². The number of carbonyl (C=O) groups is 1. The van der Waals surface area contributed by atoms with Crippen LogP contribution in [-0.4, -0.2) is 20.9 Å². The molecule has 2 heterocycles. The molecule has 0 aliphatic carbocycles. The van der Waals surface area contributed by atoms with Crippen molar-refractivity contribution in [2.75, 3.05) is 0 Å². The highest BCUT2D eigenvalue weighted by atomic mass is 35.5. The van der Waals surface area contributed by atoms with E-state index in [0.29, 0.717) is 28.8 Å². The van der Waals surface area contributed by atoms with Gasteiger partial charge in [0.2, 0.25) is 0 Å². The number of carbonyl (C=O) groups excluding carboxylic acids is 1. The Kier molecular flexibility index (Phi) is 5.74. The van der Waals surface area contributed by atoms with Crippen LogP contribution in [0.3, 0.4) is 0 Å². The van der Waals surface area contributed by atoms with Gasteiger partial charge in [0.1, 0.15) is 28.7 Å². The molecule has 2 aromatic heterocycles. The van der Waals surface area contributed by atoms with E-state index in [4.69, 9.17) is 20.8 Å². The van der Waals surface area contributed by atoms with Crippen LogP contribution in [0.25, 0.3) is 11.0 Å². The number of phenolic OH excluding ortho intramolecular Hbond substituents is 1. The molecule has 28 heavy (non-hydrogen) atoms. The van der Waals surface area contributed by atoms with Crippen LogP contribution in [0, 0.1) is 13.8 Å². The molecular formula is C20H21ClN2O5. The minimum absolute atomic E-state index is 0.0201. The Hall–Kier alpha value is -2.80. The predicted molar refractivity (Wildman–Crippen MR) is 105 cm³/mol. The van der Waals surface area contributed by atoms with E-state index in [0.717, 1.165) is 12.8 Å². The molecule has 0 saturated heterocycles. The fraction of sp³-hybridized carbons (Fsp3) is 0.350. The van der Waals surface area contributed by atoms with E-state index in [1.165, 1.54) is 12.1 Å². The molecule has 0 unspecified atom stereocenters. The first-order chi connectivity index (χ1) is 13.3. The van der Waals surface area contributed by atoms with E-state index in [9.17, 15) is 14.7 Å². The second-order valence-corrected chi connectivity index (χ2v) is 6.94. The van der Waals surface area contributed by atoms with Gasteiger partial charge in [-0.3, -0.25) is 4.68 Å². The summed E-state index contributed by atoms with van der Waals surface area (Å²) in [4.78, 5) is 24.5. The van der Waals surface area contributed by atoms with Gasteiger partial charge in [0.05, 0.1) is 5.69 Å². The predicted octanol–water partition coefficient (Wildman–Crippen LogP) is 4.12. The molecule has 1 N–H and O–H groups in total. The first-order valence-electron chi connectivity index (χ1n) is 8.98. The molecule has 0 bridgehead atoms. The van der Waals surface area contributed by atoms with Crippen molar-refractivity contribution in [2.45, 2.75) is 46.8 Å². The van der Waals surface area contributed by atoms with Gasteiger partial charge in [0.15, 0.2) is 0 Å². The Labute approximate surface area is 166 Å². The summed E-state index contributed by atoms with van der Waals surface area (Å²) >= 11 is 6.31. The number of halogens is 1. The molecule has 0 fully saturated rings. The summed E-state index contributed by atoms with van der Waals surface area (Å²) < 4.78 is 12.2. The van der Waals surface area contributed by atoms with E-state index in [1.54, 1.807) is 24.6 Å². The van der Waals surface area contributed by atoms with Gasteiger partial charge in [0.25, 0.3) is 0 Å². The molecule has 0 spiro atoms. The van der Waals surface area contributed by atoms with Crippen molar-refractivity contribution in [3.63, 3.8) is 0 Å². The number of ether oxygens (including phenoxy) is 1. The number of benzene rings is 1. The highest BCUT2D eigenvalue weighted by Crippen LogP contribution is 2.28. The molecule has 0 saturated carbocycles. The normalized spacial score (nSPS) is 11.1. The number of aromatic hydroxyl groups is 1. The molecule has 1 aromatic carbocycles. The first-order valence-corrected chi connectivity index (χ1v) is 9.36. The van der Waals surface area contributed by atoms with E-state index >= 15 is 0 Å². The second kappa shape index (κ2) is 8.06. The molecule has 0 aliphatic rings. The standard InChI is InChI=1S/C20H21ClN2O5/c1-4-5-8-23-19(21)17(12(3)22-23)20(26)27-10-13-9-16(25)28-18-11(2)15(24)7-6-14(13)18/h6-7,9,24H,4-5,8,10H2,1-3H3. The lowest BCUT2D eigenvalue weighted by Crippen LogP contribution is -2.09. The van der Waals surface area contributed by atoms with Crippen molar-refractivity contribution in [1.29, 1.82) is 0 Å². The fourth-order valence-electron chi connectivity index (χ4n) is 2.99. The van der Waals surface area contributed by atoms with Gasteiger partial charge in [0, 0.05) is 29.1 Å². The zero-order valence-corrected chi connectivity index (χ0v) is 16.7. The molecule has 0 atom stereocenters. The van der Waals surface area contributed by atoms with Crippen LogP contribution in [0.5, 0.6) is 5.75 Å². The number of unbranched alkanes of at least 4 members (excludes halogenated alkanes) is 1. The lowest BCUT2D eigenvalue weighted by atomic mass is 10.1. The number of fused-ring (bicyclic) bond motifs is 1. The van der Waals surface area contributed by atoms with Crippen LogP contribution in [-0.2, 0) is 17.9 Å². The Morgan fingerprint density at radius 1 is 1.36 bits per heavy atom. The number of phenols is 1. The largest absolute Gasteiger partial charge is 0.508 e. The second-order valence-electron chi connectivity index (χ2n) is 6.58. The smallest absolute Gasteiger partial charge is 0.343 e. The van der Waals surface area contributed by atoms with Crippen molar-refractivity contribution >= 4 is 28.5 Å². The third kappa shape index (κ3) is 3.75. The summed E-state index contributed by atoms with van der Waals surface area (Å²) in [5.41, 5.74) is 1.31. The molecule has 148 valence electrons. The number of esters is 1. The molecule has 3 rings (SSSR count). The Bertz CT molecular complexity index is 1100. The first kappa shape index (κ1) is 19.9. The molecule has 8 heteroatoms. The SMILES string of the molecule is CCCCn1nc(C)c(C(=O)OCc2cc(=O)oc3c(C)c(O)ccc23)c1Cl. The molecule has 7 nitrogen and oxygen atoms in total. The van der Waals surface area contributed by atoms with Gasteiger partial charge in [-0.1, -0.05) is 24.9 Å². The van der Waals surface area contributed by atoms with Crippen LogP contribution in [0.1, 0.15) is 46.9 Å². The van der Waals surface area contributed by atoms with Crippen molar-refractivity contribution in [2.24, 2.45) is 0 Å². The number of rotatable bonds is 6. The van der Waals surface area contributed by atoms with Crippen molar-refractivity contribution in [3.05, 3.63) is 56.2 Å². The van der Waals surface area contributed by atoms with Crippen LogP contribution in [0.2, 0.25) is 5.15 Å². The van der Waals surface area contributed by atoms with E-state index in [-0.39, 0.29) is 28.7 Å². The average Bonchev–Trinajstić information content (AvgIpc) is 2.94. The summed E-state index contributed by atoms with van der Waals surface area (Å²) in [5.74, 6) is -0.589. The zero-order valence-electron chi connectivity index (χ0n) is 15.9. The summed E-state index contributed by atoms with van der Waals surface area (Å²) in [6, 6.07) is 4.39. The van der Waals surface area contributed by atoms with E-state index < -0.39 is 11.6 Å². The molecule has 0 amide bonds. The number of aromatic nitrogens is 2. The lowest BCUT2D eigenvalue weighted by Gasteiger charge is -2.09. The number of aryl methyl sites for hydroxylation is 3. The monoisotopic (exact) mass is 404 g/mol. The summed E-state index contributed by atoms with van der Waals surface area (Å²) in [7, 11) is 0. The quantitative estimate of drug-likeness (QED) is 0.490. The molecular weight excluding hydrogens is 384 g/mol. The maximum Gasteiger partial charge on any atom is 0.343 e. The molecule has 0 radical (unpaired) electrons. The summed E-state index contributed by atoms with van der Waals surface area (Å²) in [6.45, 7) is 5.88. The summed E-state index contributed by atoms with van der Waals surface area (Å²) in [6.07, 6.45) is 1.88. The van der Waals surface area contributed by atoms with Crippen LogP contribution < -0.4 is 5.63 Å². The van der Waals surface area contributed by atoms with Crippen LogP contribution in [0.15, 0.2) is 27.4 Å². The van der Waals surface area contributed by atoms with Gasteiger partial charge in [-0.2, -0.15) is 5.10 Å². The van der Waals surface area contributed by atoms with Gasteiger partial charge in [-0.15, -0.1) is 0 Å². The third-order valence-electron chi connectivity index (χ3n) is 4.57. The Balaban J connectivity index is 1.87. The topological polar surface area (TPSA) is 94.6 Å². The number of hydrogen-bond donors (Lipinski definition) is 1. The van der Waals surface area contributed by atoms with E-state index in [1.807, 2.05) is 0 Å². The molecule has 3 aromatic rings. The Morgan fingerprint density at radius 2 is 2.11 bits per heavy atom. The Morgan fingerprint density at radius 3 is 2.82 bits per heavy atom. The highest BCUT2D eigenvalue weighted by molar-refractivity contribution is 6.32. The fourth-order valence-corrected chi connectivity index (χ4v) is 3.33. The third-order valence-corrected chi connectivity index (χ3v) is 4.95. The minimum atomic E-state index is -0.609. The number of hydrogen-bond acceptors (Lipinski definition) is 6. The van der Waals surface area contributed by atoms with Crippen molar-refractivity contribution in [1.82, 2.24) is 9.78 Å². The van der Waals surface area contributed by atoms with Crippen LogP contribution in [0.4, 0.5) is 0 Å². The highest BCUT2D eigenvalue weighted by Gasteiger charge is 2.22. The number of nitrogens with zero attached hydrogens (tertiary/aromatic N) is 2. The zero-order chi connectivity index (χ0) is 20.4. The maximum atomic E-state index is 12.6. The minimum Gasteiger partial charge on any atom is -0.508 e. The van der Waals surface area contributed by atoms with Crippen molar-refractivity contribution < 1.29 is 19.1 Å². The van der Waals surface area contributed by atoms with Gasteiger partial charge < -0.3 is 14.3 Å². The maximum absolute atomic E-state index is 12.6. The lowest BCUT2D eigenvalue weighted by molar-refractivity contribution is 0.0473. The van der Waals surface area contributed by atoms with Crippen molar-refractivity contribution in [3.8, 4) is 5.75 Å². The summed E-state index contributed by atoms with van der Waals surface area (Å²) in [5, 5.41) is 15.0. The van der Waals surface area contributed by atoms with Gasteiger partial charge in [-0.25, -0.2) is 9.59 Å². The van der Waals surface area contributed by atoms with Crippen LogP contribution >= 0.6 is 11.6 Å². The molecule has 0 aliphatic heterocycles. The van der Waals surface area contributed by atoms with E-state index in [2.05, 4.69) is 12.0 Å².